The van der Waals surface area contributed by atoms with Crippen LogP contribution < -0.4 is 5.32 Å². The molecular formula is C37H65NO3. The molecule has 2 unspecified atom stereocenters. The van der Waals surface area contributed by atoms with E-state index in [1.54, 1.807) is 6.08 Å². The van der Waals surface area contributed by atoms with Crippen molar-refractivity contribution in [2.75, 3.05) is 6.61 Å². The van der Waals surface area contributed by atoms with Gasteiger partial charge in [-0.25, -0.2) is 0 Å². The number of hydrogen-bond acceptors (Lipinski definition) is 3. The Morgan fingerprint density at radius 3 is 1.61 bits per heavy atom. The molecule has 0 aromatic heterocycles. The first-order valence-corrected chi connectivity index (χ1v) is 17.0. The van der Waals surface area contributed by atoms with Crippen LogP contribution in [-0.4, -0.2) is 34.9 Å². The Morgan fingerprint density at radius 2 is 1.07 bits per heavy atom. The molecule has 236 valence electrons. The minimum atomic E-state index is -0.844. The fourth-order valence-electron chi connectivity index (χ4n) is 4.64. The Bertz CT molecular complexity index is 707. The summed E-state index contributed by atoms with van der Waals surface area (Å²) < 4.78 is 0. The van der Waals surface area contributed by atoms with E-state index in [1.807, 2.05) is 6.08 Å². The summed E-state index contributed by atoms with van der Waals surface area (Å²) in [5.74, 6) is -0.0843. The summed E-state index contributed by atoms with van der Waals surface area (Å²) in [5.41, 5.74) is 0. The second-order valence-electron chi connectivity index (χ2n) is 11.2. The minimum absolute atomic E-state index is 0.0843. The lowest BCUT2D eigenvalue weighted by molar-refractivity contribution is -0.123. The van der Waals surface area contributed by atoms with E-state index in [1.165, 1.54) is 64.2 Å². The summed E-state index contributed by atoms with van der Waals surface area (Å²) in [7, 11) is 0. The molecule has 0 aliphatic heterocycles. The van der Waals surface area contributed by atoms with E-state index in [0.29, 0.717) is 6.42 Å². The summed E-state index contributed by atoms with van der Waals surface area (Å²) in [6.45, 7) is 4.14. The molecule has 0 aromatic rings. The molecule has 0 bridgehead atoms. The van der Waals surface area contributed by atoms with Crippen molar-refractivity contribution in [3.8, 4) is 0 Å². The van der Waals surface area contributed by atoms with Gasteiger partial charge in [0.2, 0.25) is 5.91 Å². The number of carbonyl (C=O) groups excluding carboxylic acids is 1. The molecule has 0 fully saturated rings. The van der Waals surface area contributed by atoms with Crippen molar-refractivity contribution in [3.05, 3.63) is 60.8 Å². The smallest absolute Gasteiger partial charge is 0.220 e. The first-order chi connectivity index (χ1) is 20.2. The van der Waals surface area contributed by atoms with Crippen molar-refractivity contribution in [2.45, 2.75) is 161 Å². The Hall–Kier alpha value is -1.91. The predicted octanol–water partition coefficient (Wildman–Crippen LogP) is 9.84. The zero-order valence-electron chi connectivity index (χ0n) is 26.8. The van der Waals surface area contributed by atoms with Gasteiger partial charge in [0.15, 0.2) is 0 Å². The zero-order chi connectivity index (χ0) is 30.1. The van der Waals surface area contributed by atoms with Gasteiger partial charge in [-0.05, 0) is 57.8 Å². The fourth-order valence-corrected chi connectivity index (χ4v) is 4.64. The molecule has 0 saturated carbocycles. The lowest BCUT2D eigenvalue weighted by atomic mass is 10.1. The normalized spacial score (nSPS) is 14.0. The summed E-state index contributed by atoms with van der Waals surface area (Å²) >= 11 is 0. The van der Waals surface area contributed by atoms with E-state index in [4.69, 9.17) is 0 Å². The molecule has 0 aromatic carbocycles. The lowest BCUT2D eigenvalue weighted by Gasteiger charge is -2.20. The Kier molecular flexibility index (Phi) is 31.1. The number of unbranched alkanes of at least 4 members (excludes halogenated alkanes) is 14. The molecule has 0 saturated heterocycles. The van der Waals surface area contributed by atoms with E-state index in [0.717, 1.165) is 64.2 Å². The number of allylic oxidation sites excluding steroid dienone is 9. The van der Waals surface area contributed by atoms with Gasteiger partial charge < -0.3 is 15.5 Å². The van der Waals surface area contributed by atoms with E-state index in [-0.39, 0.29) is 12.5 Å². The van der Waals surface area contributed by atoms with Crippen molar-refractivity contribution in [2.24, 2.45) is 0 Å². The molecule has 4 heteroatoms. The van der Waals surface area contributed by atoms with Gasteiger partial charge in [0.05, 0.1) is 18.8 Å². The van der Waals surface area contributed by atoms with Crippen LogP contribution in [0.2, 0.25) is 0 Å². The lowest BCUT2D eigenvalue weighted by Crippen LogP contribution is -2.45. The fraction of sp³-hybridized carbons (Fsp3) is 0.703. The van der Waals surface area contributed by atoms with Crippen molar-refractivity contribution >= 4 is 5.91 Å². The number of rotatable bonds is 29. The molecule has 0 aliphatic rings. The van der Waals surface area contributed by atoms with Gasteiger partial charge in [0.1, 0.15) is 0 Å². The van der Waals surface area contributed by atoms with Crippen molar-refractivity contribution in [3.63, 3.8) is 0 Å². The maximum atomic E-state index is 12.3. The number of amides is 1. The van der Waals surface area contributed by atoms with E-state index < -0.39 is 12.1 Å². The molecule has 0 aliphatic carbocycles. The Labute approximate surface area is 254 Å². The molecule has 0 rings (SSSR count). The SMILES string of the molecule is CC/C=C\C/C=C\C/C=C\C/C=C\CCCCCCCCC(=O)NC(CO)C(O)/C=C/CCCCCCCCCC. The molecule has 0 spiro atoms. The summed E-state index contributed by atoms with van der Waals surface area (Å²) in [6, 6.07) is -0.629. The number of aliphatic hydroxyl groups is 2. The van der Waals surface area contributed by atoms with E-state index in [9.17, 15) is 15.0 Å². The Morgan fingerprint density at radius 1 is 0.610 bits per heavy atom. The van der Waals surface area contributed by atoms with Gasteiger partial charge in [-0.2, -0.15) is 0 Å². The third-order valence-corrected chi connectivity index (χ3v) is 7.26. The van der Waals surface area contributed by atoms with Crippen LogP contribution in [0.4, 0.5) is 0 Å². The quantitative estimate of drug-likeness (QED) is 0.0618. The molecule has 4 nitrogen and oxygen atoms in total. The third kappa shape index (κ3) is 29.4. The molecule has 3 N–H and O–H groups in total. The maximum Gasteiger partial charge on any atom is 0.220 e. The standard InChI is InChI=1S/C37H65NO3/c1-3-5-7-9-11-13-15-16-17-18-19-20-21-22-23-25-27-29-31-33-37(41)38-35(34-39)36(40)32-30-28-26-24-14-12-10-8-6-4-2/h5,7,11,13,16-17,19-20,30,32,35-36,39-40H,3-4,6,8-10,12,14-15,18,21-29,31,33-34H2,1-2H3,(H,38,41)/b7-5-,13-11-,17-16-,20-19-,32-30+. The monoisotopic (exact) mass is 571 g/mol. The summed E-state index contributed by atoms with van der Waals surface area (Å²) in [5, 5.41) is 22.8. The molecule has 2 atom stereocenters. The van der Waals surface area contributed by atoms with Crippen LogP contribution in [-0.2, 0) is 4.79 Å². The first kappa shape index (κ1) is 39.1. The van der Waals surface area contributed by atoms with Crippen molar-refractivity contribution in [1.29, 1.82) is 0 Å². The number of aliphatic hydroxyl groups excluding tert-OH is 2. The van der Waals surface area contributed by atoms with Crippen LogP contribution >= 0.6 is 0 Å². The summed E-state index contributed by atoms with van der Waals surface area (Å²) in [6.07, 6.45) is 44.4. The first-order valence-electron chi connectivity index (χ1n) is 17.0. The largest absolute Gasteiger partial charge is 0.394 e. The average Bonchev–Trinajstić information content (AvgIpc) is 2.97. The van der Waals surface area contributed by atoms with E-state index >= 15 is 0 Å². The molecule has 0 radical (unpaired) electrons. The van der Waals surface area contributed by atoms with Crippen LogP contribution in [0.5, 0.6) is 0 Å². The molecule has 41 heavy (non-hydrogen) atoms. The van der Waals surface area contributed by atoms with Gasteiger partial charge in [-0.1, -0.05) is 145 Å². The van der Waals surface area contributed by atoms with Crippen LogP contribution in [0, 0.1) is 0 Å². The summed E-state index contributed by atoms with van der Waals surface area (Å²) in [4.78, 5) is 12.3. The van der Waals surface area contributed by atoms with E-state index in [2.05, 4.69) is 67.8 Å². The topological polar surface area (TPSA) is 69.6 Å². The van der Waals surface area contributed by atoms with Gasteiger partial charge in [-0.3, -0.25) is 4.79 Å². The second-order valence-corrected chi connectivity index (χ2v) is 11.2. The highest BCUT2D eigenvalue weighted by atomic mass is 16.3. The van der Waals surface area contributed by atoms with Crippen LogP contribution in [0.25, 0.3) is 0 Å². The molecule has 0 heterocycles. The highest BCUT2D eigenvalue weighted by molar-refractivity contribution is 5.76. The van der Waals surface area contributed by atoms with Gasteiger partial charge in [-0.15, -0.1) is 0 Å². The van der Waals surface area contributed by atoms with Crippen LogP contribution in [0.1, 0.15) is 149 Å². The average molecular weight is 572 g/mol. The number of carbonyl (C=O) groups is 1. The molecular weight excluding hydrogens is 506 g/mol. The second kappa shape index (κ2) is 32.6. The zero-order valence-corrected chi connectivity index (χ0v) is 26.8. The highest BCUT2D eigenvalue weighted by Gasteiger charge is 2.17. The minimum Gasteiger partial charge on any atom is -0.394 e. The predicted molar refractivity (Wildman–Crippen MR) is 179 cm³/mol. The van der Waals surface area contributed by atoms with Crippen molar-refractivity contribution in [1.82, 2.24) is 5.32 Å². The van der Waals surface area contributed by atoms with Gasteiger partial charge >= 0.3 is 0 Å². The van der Waals surface area contributed by atoms with Crippen molar-refractivity contribution < 1.29 is 15.0 Å². The number of nitrogens with one attached hydrogen (secondary N) is 1. The third-order valence-electron chi connectivity index (χ3n) is 7.26. The van der Waals surface area contributed by atoms with Crippen LogP contribution in [0.15, 0.2) is 60.8 Å². The molecule has 1 amide bonds. The Balaban J connectivity index is 3.70. The van der Waals surface area contributed by atoms with Gasteiger partial charge in [0.25, 0.3) is 0 Å². The maximum absolute atomic E-state index is 12.3. The number of hydrogen-bond donors (Lipinski definition) is 3. The highest BCUT2D eigenvalue weighted by Crippen LogP contribution is 2.11. The van der Waals surface area contributed by atoms with Gasteiger partial charge in [0, 0.05) is 6.42 Å². The van der Waals surface area contributed by atoms with Crippen LogP contribution in [0.3, 0.4) is 0 Å².